The molecule has 102 valence electrons. The fourth-order valence-electron chi connectivity index (χ4n) is 2.14. The number of hydrogen-bond donors (Lipinski definition) is 1. The van der Waals surface area contributed by atoms with Gasteiger partial charge in [-0.15, -0.1) is 0 Å². The fraction of sp³-hybridized carbons (Fsp3) is 0.333. The molecule has 0 saturated heterocycles. The number of halogens is 2. The largest absolute Gasteiger partial charge is 0.310 e. The smallest absolute Gasteiger partial charge is 0.0454 e. The third kappa shape index (κ3) is 4.22. The summed E-state index contributed by atoms with van der Waals surface area (Å²) in [6.45, 7) is 3.02. The average molecular weight is 314 g/mol. The van der Waals surface area contributed by atoms with Crippen molar-refractivity contribution in [2.75, 3.05) is 6.54 Å². The van der Waals surface area contributed by atoms with Gasteiger partial charge < -0.3 is 5.32 Å². The topological polar surface area (TPSA) is 12.0 Å². The number of nitrogens with one attached hydrogen (secondary N) is 1. The van der Waals surface area contributed by atoms with Gasteiger partial charge in [0.05, 0.1) is 0 Å². The highest BCUT2D eigenvalue weighted by Gasteiger charge is 2.14. The van der Waals surface area contributed by atoms with Crippen molar-refractivity contribution in [1.82, 2.24) is 5.32 Å². The molecule has 0 saturated carbocycles. The van der Waals surface area contributed by atoms with Gasteiger partial charge in [-0.25, -0.2) is 0 Å². The van der Waals surface area contributed by atoms with Crippen molar-refractivity contribution in [2.45, 2.75) is 25.8 Å². The lowest BCUT2D eigenvalue weighted by Gasteiger charge is -2.19. The van der Waals surface area contributed by atoms with Gasteiger partial charge in [0.2, 0.25) is 0 Å². The first-order valence-corrected chi connectivity index (χ1v) is 8.10. The van der Waals surface area contributed by atoms with Crippen LogP contribution in [0, 0.1) is 0 Å². The molecule has 0 radical (unpaired) electrons. The number of thiophene rings is 1. The van der Waals surface area contributed by atoms with Crippen molar-refractivity contribution in [2.24, 2.45) is 0 Å². The normalized spacial score (nSPS) is 12.6. The number of hydrogen-bond acceptors (Lipinski definition) is 2. The summed E-state index contributed by atoms with van der Waals surface area (Å²) >= 11 is 14.1. The Hall–Kier alpha value is -0.540. The van der Waals surface area contributed by atoms with Crippen LogP contribution < -0.4 is 5.32 Å². The maximum atomic E-state index is 6.29. The Morgan fingerprint density at radius 2 is 2.11 bits per heavy atom. The third-order valence-electron chi connectivity index (χ3n) is 3.09. The van der Waals surface area contributed by atoms with Crippen LogP contribution in [0.25, 0.3) is 0 Å². The summed E-state index contributed by atoms with van der Waals surface area (Å²) in [4.78, 5) is 0. The van der Waals surface area contributed by atoms with Gasteiger partial charge in [0, 0.05) is 16.1 Å². The van der Waals surface area contributed by atoms with E-state index in [4.69, 9.17) is 23.2 Å². The maximum Gasteiger partial charge on any atom is 0.0454 e. The van der Waals surface area contributed by atoms with Gasteiger partial charge in [-0.1, -0.05) is 30.1 Å². The van der Waals surface area contributed by atoms with Crippen LogP contribution >= 0.6 is 34.5 Å². The zero-order valence-corrected chi connectivity index (χ0v) is 13.2. The summed E-state index contributed by atoms with van der Waals surface area (Å²) < 4.78 is 0. The quantitative estimate of drug-likeness (QED) is 0.759. The van der Waals surface area contributed by atoms with Crippen molar-refractivity contribution in [1.29, 1.82) is 0 Å². The van der Waals surface area contributed by atoms with E-state index in [1.54, 1.807) is 11.3 Å². The van der Waals surface area contributed by atoms with Crippen LogP contribution in [0.15, 0.2) is 35.0 Å². The zero-order chi connectivity index (χ0) is 13.7. The lowest BCUT2D eigenvalue weighted by Crippen LogP contribution is -2.21. The van der Waals surface area contributed by atoms with Crippen LogP contribution in [0.2, 0.25) is 10.0 Å². The van der Waals surface area contributed by atoms with Crippen LogP contribution in [0.1, 0.15) is 30.5 Å². The molecule has 0 bridgehead atoms. The highest BCUT2D eigenvalue weighted by atomic mass is 35.5. The summed E-state index contributed by atoms with van der Waals surface area (Å²) in [5.74, 6) is 0. The third-order valence-corrected chi connectivity index (χ3v) is 4.40. The fourth-order valence-corrected chi connectivity index (χ4v) is 3.27. The monoisotopic (exact) mass is 313 g/mol. The van der Waals surface area contributed by atoms with Crippen LogP contribution in [0.4, 0.5) is 0 Å². The lowest BCUT2D eigenvalue weighted by molar-refractivity contribution is 0.516. The first-order valence-electron chi connectivity index (χ1n) is 6.40. The lowest BCUT2D eigenvalue weighted by atomic mass is 10.00. The van der Waals surface area contributed by atoms with Gasteiger partial charge in [0.25, 0.3) is 0 Å². The van der Waals surface area contributed by atoms with E-state index in [9.17, 15) is 0 Å². The van der Waals surface area contributed by atoms with Gasteiger partial charge in [0.1, 0.15) is 0 Å². The second-order valence-electron chi connectivity index (χ2n) is 4.45. The molecule has 0 aliphatic heterocycles. The Balaban J connectivity index is 2.12. The van der Waals surface area contributed by atoms with E-state index in [1.165, 1.54) is 5.56 Å². The van der Waals surface area contributed by atoms with E-state index in [0.717, 1.165) is 35.0 Å². The molecule has 1 aromatic heterocycles. The zero-order valence-electron chi connectivity index (χ0n) is 10.8. The molecule has 1 unspecified atom stereocenters. The second-order valence-corrected chi connectivity index (χ2v) is 6.07. The van der Waals surface area contributed by atoms with Crippen LogP contribution in [0.3, 0.4) is 0 Å². The Kier molecular flexibility index (Phi) is 5.71. The van der Waals surface area contributed by atoms with E-state index in [1.807, 2.05) is 18.2 Å². The molecule has 1 atom stereocenters. The summed E-state index contributed by atoms with van der Waals surface area (Å²) in [7, 11) is 0. The molecule has 4 heteroatoms. The first kappa shape index (κ1) is 14.9. The molecule has 0 aliphatic carbocycles. The van der Waals surface area contributed by atoms with Crippen molar-refractivity contribution in [3.63, 3.8) is 0 Å². The van der Waals surface area contributed by atoms with Crippen molar-refractivity contribution < 1.29 is 0 Å². The molecule has 1 aromatic carbocycles. The van der Waals surface area contributed by atoms with Crippen molar-refractivity contribution >= 4 is 34.5 Å². The van der Waals surface area contributed by atoms with E-state index >= 15 is 0 Å². The van der Waals surface area contributed by atoms with Crippen LogP contribution in [-0.4, -0.2) is 6.54 Å². The van der Waals surface area contributed by atoms with E-state index in [2.05, 4.69) is 29.1 Å². The molecular formula is C15H17Cl2NS. The molecule has 1 N–H and O–H groups in total. The van der Waals surface area contributed by atoms with Crippen LogP contribution in [-0.2, 0) is 6.42 Å². The summed E-state index contributed by atoms with van der Waals surface area (Å²) in [5.41, 5.74) is 2.47. The standard InChI is InChI=1S/C15H17Cl2NS/c1-2-18-15(6-3-11-7-8-19-10-11)13-9-12(16)4-5-14(13)17/h4-5,7-10,15,18H,2-3,6H2,1H3. The maximum absolute atomic E-state index is 6.29. The van der Waals surface area contributed by atoms with Gasteiger partial charge in [-0.05, 0) is 65.5 Å². The molecule has 0 amide bonds. The van der Waals surface area contributed by atoms with E-state index < -0.39 is 0 Å². The minimum atomic E-state index is 0.246. The van der Waals surface area contributed by atoms with Gasteiger partial charge >= 0.3 is 0 Å². The van der Waals surface area contributed by atoms with E-state index in [0.29, 0.717) is 0 Å². The molecule has 1 heterocycles. The molecule has 0 spiro atoms. The molecule has 2 rings (SSSR count). The Morgan fingerprint density at radius 3 is 2.79 bits per heavy atom. The van der Waals surface area contributed by atoms with Crippen molar-refractivity contribution in [3.05, 3.63) is 56.2 Å². The average Bonchev–Trinajstić information content (AvgIpc) is 2.91. The van der Waals surface area contributed by atoms with Crippen LogP contribution in [0.5, 0.6) is 0 Å². The molecule has 0 aliphatic rings. The van der Waals surface area contributed by atoms with E-state index in [-0.39, 0.29) is 6.04 Å². The SMILES string of the molecule is CCNC(CCc1ccsc1)c1cc(Cl)ccc1Cl. The number of aryl methyl sites for hydroxylation is 1. The number of rotatable bonds is 6. The summed E-state index contributed by atoms with van der Waals surface area (Å²) in [6.07, 6.45) is 2.06. The highest BCUT2D eigenvalue weighted by Crippen LogP contribution is 2.29. The molecule has 0 fully saturated rings. The Bertz CT molecular complexity index is 511. The first-order chi connectivity index (χ1) is 9.20. The highest BCUT2D eigenvalue weighted by molar-refractivity contribution is 7.07. The van der Waals surface area contributed by atoms with Gasteiger partial charge in [-0.3, -0.25) is 0 Å². The predicted octanol–water partition coefficient (Wildman–Crippen LogP) is 5.34. The number of benzene rings is 1. The Morgan fingerprint density at radius 1 is 1.26 bits per heavy atom. The summed E-state index contributed by atoms with van der Waals surface area (Å²) in [6, 6.07) is 8.08. The molecule has 1 nitrogen and oxygen atoms in total. The minimum Gasteiger partial charge on any atom is -0.310 e. The molecule has 2 aromatic rings. The van der Waals surface area contributed by atoms with Crippen molar-refractivity contribution in [3.8, 4) is 0 Å². The van der Waals surface area contributed by atoms with Gasteiger partial charge in [0.15, 0.2) is 0 Å². The predicted molar refractivity (Wildman–Crippen MR) is 85.5 cm³/mol. The summed E-state index contributed by atoms with van der Waals surface area (Å²) in [5, 5.41) is 9.31. The molecule has 19 heavy (non-hydrogen) atoms. The second kappa shape index (κ2) is 7.30. The van der Waals surface area contributed by atoms with Gasteiger partial charge in [-0.2, -0.15) is 11.3 Å². The molecular weight excluding hydrogens is 297 g/mol. The Labute approximate surface area is 128 Å². The minimum absolute atomic E-state index is 0.246.